The lowest BCUT2D eigenvalue weighted by atomic mass is 10.1. The molecule has 0 heterocycles. The summed E-state index contributed by atoms with van der Waals surface area (Å²) in [6, 6.07) is 16.6. The molecule has 0 fully saturated rings. The Bertz CT molecular complexity index is 562. The van der Waals surface area contributed by atoms with Crippen molar-refractivity contribution in [3.63, 3.8) is 0 Å². The van der Waals surface area contributed by atoms with E-state index in [1.807, 2.05) is 18.2 Å². The predicted molar refractivity (Wildman–Crippen MR) is 77.3 cm³/mol. The highest BCUT2D eigenvalue weighted by atomic mass is 16.5. The van der Waals surface area contributed by atoms with Gasteiger partial charge in [-0.1, -0.05) is 43.3 Å². The average molecular weight is 253 g/mol. The van der Waals surface area contributed by atoms with Gasteiger partial charge in [0.15, 0.2) is 0 Å². The first-order chi connectivity index (χ1) is 9.28. The van der Waals surface area contributed by atoms with Crippen LogP contribution in [0.25, 0.3) is 0 Å². The summed E-state index contributed by atoms with van der Waals surface area (Å²) in [5.74, 6) is 0.908. The fourth-order valence-corrected chi connectivity index (χ4v) is 2.68. The van der Waals surface area contributed by atoms with Crippen molar-refractivity contribution in [3.8, 4) is 5.75 Å². The van der Waals surface area contributed by atoms with E-state index in [-0.39, 0.29) is 12.1 Å². The van der Waals surface area contributed by atoms with Crippen LogP contribution in [0.2, 0.25) is 0 Å². The van der Waals surface area contributed by atoms with E-state index < -0.39 is 0 Å². The zero-order chi connectivity index (χ0) is 13.2. The van der Waals surface area contributed by atoms with Gasteiger partial charge in [0.05, 0.1) is 6.04 Å². The normalized spacial score (nSPS) is 21.2. The molecule has 0 bridgehead atoms. The zero-order valence-electron chi connectivity index (χ0n) is 11.2. The second-order valence-electron chi connectivity index (χ2n) is 5.08. The Balaban J connectivity index is 1.75. The summed E-state index contributed by atoms with van der Waals surface area (Å²) < 4.78 is 6.04. The molecule has 0 amide bonds. The maximum atomic E-state index is 6.27. The van der Waals surface area contributed by atoms with Crippen LogP contribution >= 0.6 is 0 Å². The minimum Gasteiger partial charge on any atom is -0.488 e. The summed E-state index contributed by atoms with van der Waals surface area (Å²) in [6.07, 6.45) is 1.99. The second kappa shape index (κ2) is 5.06. The third-order valence-electron chi connectivity index (χ3n) is 3.85. The van der Waals surface area contributed by atoms with Gasteiger partial charge in [0.25, 0.3) is 0 Å². The Hall–Kier alpha value is -1.80. The van der Waals surface area contributed by atoms with Crippen molar-refractivity contribution in [2.75, 3.05) is 0 Å². The van der Waals surface area contributed by atoms with Gasteiger partial charge in [0.1, 0.15) is 11.9 Å². The number of hydrogen-bond donors (Lipinski definition) is 1. The molecule has 0 aliphatic heterocycles. The van der Waals surface area contributed by atoms with Gasteiger partial charge < -0.3 is 10.5 Å². The first-order valence-corrected chi connectivity index (χ1v) is 6.87. The average Bonchev–Trinajstić information content (AvgIpc) is 2.77. The number of nitrogens with two attached hydrogens (primary N) is 1. The molecule has 2 N–H and O–H groups in total. The number of hydrogen-bond acceptors (Lipinski definition) is 2. The van der Waals surface area contributed by atoms with Crippen molar-refractivity contribution in [1.29, 1.82) is 0 Å². The van der Waals surface area contributed by atoms with Gasteiger partial charge in [0.2, 0.25) is 0 Å². The van der Waals surface area contributed by atoms with Crippen LogP contribution in [-0.2, 0) is 12.8 Å². The van der Waals surface area contributed by atoms with Crippen LogP contribution in [0.1, 0.15) is 29.7 Å². The molecule has 0 saturated heterocycles. The Kier molecular flexibility index (Phi) is 3.26. The Morgan fingerprint density at radius 1 is 1.11 bits per heavy atom. The second-order valence-corrected chi connectivity index (χ2v) is 5.08. The minimum atomic E-state index is -0.0259. The summed E-state index contributed by atoms with van der Waals surface area (Å²) in [5.41, 5.74) is 10.1. The van der Waals surface area contributed by atoms with Crippen LogP contribution in [0.15, 0.2) is 48.5 Å². The van der Waals surface area contributed by atoms with Crippen molar-refractivity contribution < 1.29 is 4.74 Å². The molecule has 98 valence electrons. The first kappa shape index (κ1) is 12.2. The summed E-state index contributed by atoms with van der Waals surface area (Å²) >= 11 is 0. The number of benzene rings is 2. The molecule has 2 atom stereocenters. The number of rotatable bonds is 3. The van der Waals surface area contributed by atoms with E-state index in [0.717, 1.165) is 18.6 Å². The number of ether oxygens (including phenoxy) is 1. The van der Waals surface area contributed by atoms with Crippen LogP contribution in [0.4, 0.5) is 0 Å². The smallest absolute Gasteiger partial charge is 0.122 e. The third kappa shape index (κ3) is 2.36. The third-order valence-corrected chi connectivity index (χ3v) is 3.85. The Morgan fingerprint density at radius 3 is 2.53 bits per heavy atom. The topological polar surface area (TPSA) is 35.2 Å². The van der Waals surface area contributed by atoms with Crippen LogP contribution < -0.4 is 10.5 Å². The highest BCUT2D eigenvalue weighted by molar-refractivity contribution is 5.37. The molecule has 2 aromatic rings. The Morgan fingerprint density at radius 2 is 1.84 bits per heavy atom. The number of fused-ring (bicyclic) bond motifs is 1. The Labute approximate surface area is 114 Å². The molecule has 2 nitrogen and oxygen atoms in total. The molecule has 19 heavy (non-hydrogen) atoms. The van der Waals surface area contributed by atoms with E-state index in [1.54, 1.807) is 0 Å². The lowest BCUT2D eigenvalue weighted by Gasteiger charge is -2.18. The predicted octanol–water partition coefficient (Wildman–Crippen LogP) is 3.25. The molecular weight excluding hydrogens is 234 g/mol. The molecular formula is C17H19NO. The van der Waals surface area contributed by atoms with Crippen LogP contribution in [0, 0.1) is 0 Å². The van der Waals surface area contributed by atoms with Gasteiger partial charge in [-0.15, -0.1) is 0 Å². The van der Waals surface area contributed by atoms with E-state index in [1.165, 1.54) is 16.7 Å². The standard InChI is InChI=1S/C17H19NO/c1-2-12-7-9-14(10-8-12)19-16-11-13-5-3-4-6-15(13)17(16)18/h3-10,16-17H,2,11,18H2,1H3. The molecule has 0 radical (unpaired) electrons. The van der Waals surface area contributed by atoms with Crippen LogP contribution in [-0.4, -0.2) is 6.10 Å². The minimum absolute atomic E-state index is 0.0259. The summed E-state index contributed by atoms with van der Waals surface area (Å²) in [4.78, 5) is 0. The van der Waals surface area contributed by atoms with E-state index in [9.17, 15) is 0 Å². The van der Waals surface area contributed by atoms with Gasteiger partial charge in [0, 0.05) is 6.42 Å². The zero-order valence-corrected chi connectivity index (χ0v) is 11.2. The molecule has 1 aliphatic carbocycles. The fourth-order valence-electron chi connectivity index (χ4n) is 2.68. The van der Waals surface area contributed by atoms with Gasteiger partial charge in [-0.05, 0) is 35.2 Å². The van der Waals surface area contributed by atoms with E-state index in [2.05, 4.69) is 37.3 Å². The van der Waals surface area contributed by atoms with E-state index in [4.69, 9.17) is 10.5 Å². The van der Waals surface area contributed by atoms with Gasteiger partial charge >= 0.3 is 0 Å². The van der Waals surface area contributed by atoms with Gasteiger partial charge in [-0.25, -0.2) is 0 Å². The highest BCUT2D eigenvalue weighted by Crippen LogP contribution is 2.32. The van der Waals surface area contributed by atoms with E-state index >= 15 is 0 Å². The van der Waals surface area contributed by atoms with Crippen LogP contribution in [0.5, 0.6) is 5.75 Å². The van der Waals surface area contributed by atoms with Gasteiger partial charge in [-0.3, -0.25) is 0 Å². The molecule has 3 rings (SSSR count). The van der Waals surface area contributed by atoms with Crippen LogP contribution in [0.3, 0.4) is 0 Å². The van der Waals surface area contributed by atoms with Crippen molar-refractivity contribution in [2.24, 2.45) is 5.73 Å². The summed E-state index contributed by atoms with van der Waals surface area (Å²) in [7, 11) is 0. The highest BCUT2D eigenvalue weighted by Gasteiger charge is 2.30. The molecule has 2 heteroatoms. The van der Waals surface area contributed by atoms with Crippen molar-refractivity contribution >= 4 is 0 Å². The largest absolute Gasteiger partial charge is 0.488 e. The molecule has 0 spiro atoms. The molecule has 0 aromatic heterocycles. The summed E-state index contributed by atoms with van der Waals surface area (Å²) in [6.45, 7) is 2.15. The first-order valence-electron chi connectivity index (χ1n) is 6.87. The fraction of sp³-hybridized carbons (Fsp3) is 0.294. The maximum Gasteiger partial charge on any atom is 0.122 e. The molecule has 1 aliphatic rings. The van der Waals surface area contributed by atoms with E-state index in [0.29, 0.717) is 0 Å². The van der Waals surface area contributed by atoms with Gasteiger partial charge in [-0.2, -0.15) is 0 Å². The quantitative estimate of drug-likeness (QED) is 0.911. The maximum absolute atomic E-state index is 6.27. The van der Waals surface area contributed by atoms with Crippen molar-refractivity contribution in [2.45, 2.75) is 31.9 Å². The van der Waals surface area contributed by atoms with Crippen molar-refractivity contribution in [3.05, 3.63) is 65.2 Å². The SMILES string of the molecule is CCc1ccc(OC2Cc3ccccc3C2N)cc1. The molecule has 0 saturated carbocycles. The molecule has 2 unspecified atom stereocenters. The molecule has 2 aromatic carbocycles. The lowest BCUT2D eigenvalue weighted by Crippen LogP contribution is -2.27. The lowest BCUT2D eigenvalue weighted by molar-refractivity contribution is 0.185. The summed E-state index contributed by atoms with van der Waals surface area (Å²) in [5, 5.41) is 0. The van der Waals surface area contributed by atoms with Crippen molar-refractivity contribution in [1.82, 2.24) is 0 Å². The monoisotopic (exact) mass is 253 g/mol. The number of aryl methyl sites for hydroxylation is 1.